The Labute approximate surface area is 83.7 Å². The zero-order valence-electron chi connectivity index (χ0n) is 9.65. The van der Waals surface area contributed by atoms with Crippen LogP contribution in [0.3, 0.4) is 0 Å². The topological polar surface area (TPSA) is 0 Å². The molecule has 0 nitrogen and oxygen atoms in total. The summed E-state index contributed by atoms with van der Waals surface area (Å²) in [6, 6.07) is 0. The first kappa shape index (κ1) is 10.8. The van der Waals surface area contributed by atoms with E-state index >= 15 is 0 Å². The monoisotopic (exact) mass is 194 g/mol. The van der Waals surface area contributed by atoms with E-state index in [1.54, 1.807) is 5.20 Å². The van der Waals surface area contributed by atoms with Crippen LogP contribution in [0.15, 0.2) is 23.4 Å². The van der Waals surface area contributed by atoms with E-state index in [1.165, 1.54) is 6.42 Å². The van der Waals surface area contributed by atoms with Gasteiger partial charge in [0.1, 0.15) is 0 Å². The molecular formula is C12H22Si. The predicted molar refractivity (Wildman–Crippen MR) is 63.7 cm³/mol. The van der Waals surface area contributed by atoms with E-state index in [1.807, 2.05) is 0 Å². The van der Waals surface area contributed by atoms with Gasteiger partial charge in [-0.25, -0.2) is 0 Å². The molecule has 1 heteroatoms. The second-order valence-corrected chi connectivity index (χ2v) is 10.9. The number of hydrogen-bond donors (Lipinski definition) is 0. The van der Waals surface area contributed by atoms with Crippen molar-refractivity contribution in [1.29, 1.82) is 0 Å². The molecule has 0 aliphatic heterocycles. The second-order valence-electron chi connectivity index (χ2n) is 5.52. The highest BCUT2D eigenvalue weighted by Gasteiger charge is 2.37. The lowest BCUT2D eigenvalue weighted by Crippen LogP contribution is -2.39. The molecule has 0 aromatic heterocycles. The molecule has 1 aliphatic carbocycles. The van der Waals surface area contributed by atoms with Crippen LogP contribution in [0.1, 0.15) is 33.6 Å². The molecule has 1 aliphatic rings. The highest BCUT2D eigenvalue weighted by atomic mass is 28.3. The fraction of sp³-hybridized carbons (Fsp3) is 0.667. The third-order valence-corrected chi connectivity index (χ3v) is 9.45. The van der Waals surface area contributed by atoms with Gasteiger partial charge in [0.2, 0.25) is 0 Å². The summed E-state index contributed by atoms with van der Waals surface area (Å²) in [6.45, 7) is 12.2. The van der Waals surface area contributed by atoms with Gasteiger partial charge in [0.15, 0.2) is 0 Å². The van der Waals surface area contributed by atoms with Crippen molar-refractivity contribution in [2.24, 2.45) is 0 Å². The Hall–Kier alpha value is -0.303. The molecular weight excluding hydrogens is 172 g/mol. The molecule has 0 atom stereocenters. The Morgan fingerprint density at radius 1 is 1.15 bits per heavy atom. The van der Waals surface area contributed by atoms with Crippen molar-refractivity contribution in [2.45, 2.75) is 51.7 Å². The predicted octanol–water partition coefficient (Wildman–Crippen LogP) is 4.31. The number of hydrogen-bond acceptors (Lipinski definition) is 0. The van der Waals surface area contributed by atoms with Crippen LogP contribution < -0.4 is 0 Å². The standard InChI is InChI=1S/C12H22Si/c1-12(2,3)13(4,5)11-9-7-6-8-10-11/h6-7,10H,8-9H2,1-5H3. The number of rotatable bonds is 1. The SMILES string of the molecule is CC(C)(C)[Si](C)(C)C1=CCC=CC1. The summed E-state index contributed by atoms with van der Waals surface area (Å²) >= 11 is 0. The molecule has 0 heterocycles. The van der Waals surface area contributed by atoms with E-state index in [2.05, 4.69) is 52.1 Å². The first-order chi connectivity index (χ1) is 5.86. The van der Waals surface area contributed by atoms with E-state index in [0.29, 0.717) is 5.04 Å². The molecule has 0 saturated heterocycles. The highest BCUT2D eigenvalue weighted by Crippen LogP contribution is 2.42. The van der Waals surface area contributed by atoms with E-state index in [9.17, 15) is 0 Å². The van der Waals surface area contributed by atoms with Gasteiger partial charge < -0.3 is 0 Å². The molecule has 0 amide bonds. The summed E-state index contributed by atoms with van der Waals surface area (Å²) in [5, 5.41) is 2.23. The molecule has 0 bridgehead atoms. The molecule has 0 unspecified atom stereocenters. The van der Waals surface area contributed by atoms with Crippen molar-refractivity contribution in [2.75, 3.05) is 0 Å². The summed E-state index contributed by atoms with van der Waals surface area (Å²) < 4.78 is 0. The van der Waals surface area contributed by atoms with Crippen LogP contribution >= 0.6 is 0 Å². The summed E-state index contributed by atoms with van der Waals surface area (Å²) in [7, 11) is -1.19. The Balaban J connectivity index is 2.86. The van der Waals surface area contributed by atoms with Gasteiger partial charge in [-0.3, -0.25) is 0 Å². The van der Waals surface area contributed by atoms with E-state index < -0.39 is 8.07 Å². The molecule has 0 saturated carbocycles. The van der Waals surface area contributed by atoms with E-state index in [-0.39, 0.29) is 0 Å². The fourth-order valence-corrected chi connectivity index (χ4v) is 3.81. The van der Waals surface area contributed by atoms with Crippen molar-refractivity contribution in [3.63, 3.8) is 0 Å². The summed E-state index contributed by atoms with van der Waals surface area (Å²) in [4.78, 5) is 0. The maximum Gasteiger partial charge on any atom is 0.0807 e. The Morgan fingerprint density at radius 3 is 2.15 bits per heavy atom. The van der Waals surface area contributed by atoms with Crippen molar-refractivity contribution in [3.8, 4) is 0 Å². The molecule has 0 radical (unpaired) electrons. The average molecular weight is 194 g/mol. The molecule has 0 fully saturated rings. The minimum absolute atomic E-state index is 0.490. The van der Waals surface area contributed by atoms with Crippen LogP contribution in [0.25, 0.3) is 0 Å². The second kappa shape index (κ2) is 3.45. The largest absolute Gasteiger partial charge is 0.0850 e. The normalized spacial score (nSPS) is 18.7. The molecule has 0 aromatic rings. The fourth-order valence-electron chi connectivity index (χ4n) is 1.59. The van der Waals surface area contributed by atoms with Gasteiger partial charge >= 0.3 is 0 Å². The lowest BCUT2D eigenvalue weighted by Gasteiger charge is -2.39. The molecule has 0 N–H and O–H groups in total. The Morgan fingerprint density at radius 2 is 1.77 bits per heavy atom. The van der Waals surface area contributed by atoms with Crippen LogP contribution in [0.5, 0.6) is 0 Å². The Kier molecular flexibility index (Phi) is 2.86. The third kappa shape index (κ3) is 2.14. The summed E-state index contributed by atoms with van der Waals surface area (Å²) in [5.74, 6) is 0. The molecule has 13 heavy (non-hydrogen) atoms. The van der Waals surface area contributed by atoms with Crippen LogP contribution in [0.2, 0.25) is 18.1 Å². The average Bonchev–Trinajstić information content (AvgIpc) is 2.04. The van der Waals surface area contributed by atoms with Gasteiger partial charge in [0, 0.05) is 0 Å². The minimum Gasteiger partial charge on any atom is -0.0850 e. The Bertz CT molecular complexity index is 238. The molecule has 0 spiro atoms. The molecule has 1 rings (SSSR count). The van der Waals surface area contributed by atoms with Crippen molar-refractivity contribution >= 4 is 8.07 Å². The summed E-state index contributed by atoms with van der Waals surface area (Å²) in [5.41, 5.74) is 0. The van der Waals surface area contributed by atoms with Gasteiger partial charge in [-0.05, 0) is 17.9 Å². The number of allylic oxidation sites excluding steroid dienone is 4. The van der Waals surface area contributed by atoms with E-state index in [4.69, 9.17) is 0 Å². The molecule has 74 valence electrons. The van der Waals surface area contributed by atoms with Crippen LogP contribution in [-0.4, -0.2) is 8.07 Å². The van der Waals surface area contributed by atoms with Crippen molar-refractivity contribution in [1.82, 2.24) is 0 Å². The lowest BCUT2D eigenvalue weighted by molar-refractivity contribution is 0.722. The lowest BCUT2D eigenvalue weighted by atomic mass is 10.2. The van der Waals surface area contributed by atoms with Gasteiger partial charge in [0.05, 0.1) is 8.07 Å². The maximum absolute atomic E-state index is 2.50. The zero-order chi connectivity index (χ0) is 10.1. The van der Waals surface area contributed by atoms with Crippen LogP contribution in [0.4, 0.5) is 0 Å². The van der Waals surface area contributed by atoms with Gasteiger partial charge in [-0.15, -0.1) is 0 Å². The van der Waals surface area contributed by atoms with Crippen LogP contribution in [0, 0.1) is 0 Å². The smallest absolute Gasteiger partial charge is 0.0807 e. The third-order valence-electron chi connectivity index (χ3n) is 3.68. The van der Waals surface area contributed by atoms with Crippen molar-refractivity contribution < 1.29 is 0 Å². The van der Waals surface area contributed by atoms with Gasteiger partial charge in [-0.1, -0.05) is 57.3 Å². The molecule has 0 aromatic carbocycles. The van der Waals surface area contributed by atoms with Crippen molar-refractivity contribution in [3.05, 3.63) is 23.4 Å². The minimum atomic E-state index is -1.19. The van der Waals surface area contributed by atoms with Gasteiger partial charge in [-0.2, -0.15) is 0 Å². The quantitative estimate of drug-likeness (QED) is 0.431. The first-order valence-corrected chi connectivity index (χ1v) is 8.20. The zero-order valence-corrected chi connectivity index (χ0v) is 10.6. The maximum atomic E-state index is 2.50. The first-order valence-electron chi connectivity index (χ1n) is 5.20. The van der Waals surface area contributed by atoms with Gasteiger partial charge in [0.25, 0.3) is 0 Å². The highest BCUT2D eigenvalue weighted by molar-refractivity contribution is 6.86. The summed E-state index contributed by atoms with van der Waals surface area (Å²) in [6.07, 6.45) is 9.42. The van der Waals surface area contributed by atoms with E-state index in [0.717, 1.165) is 6.42 Å². The van der Waals surface area contributed by atoms with Crippen LogP contribution in [-0.2, 0) is 0 Å².